The zero-order valence-electron chi connectivity index (χ0n) is 9.93. The smallest absolute Gasteiger partial charge is 0.413 e. The fourth-order valence-corrected chi connectivity index (χ4v) is 1.32. The van der Waals surface area contributed by atoms with Gasteiger partial charge in [-0.15, -0.1) is 0 Å². The van der Waals surface area contributed by atoms with E-state index in [4.69, 9.17) is 0 Å². The van der Waals surface area contributed by atoms with Gasteiger partial charge in [0.05, 0.1) is 0 Å². The topological polar surface area (TPSA) is 84.5 Å². The minimum Gasteiger partial charge on any atom is -0.446 e. The van der Waals surface area contributed by atoms with Crippen LogP contribution >= 0.6 is 0 Å². The third kappa shape index (κ3) is 3.58. The summed E-state index contributed by atoms with van der Waals surface area (Å²) in [6.45, 7) is 5.09. The van der Waals surface area contributed by atoms with Crippen LogP contribution in [0, 0.1) is 0 Å². The van der Waals surface area contributed by atoms with Crippen LogP contribution in [-0.4, -0.2) is 30.6 Å². The molecule has 18 heavy (non-hydrogen) atoms. The predicted molar refractivity (Wildman–Crippen MR) is 64.5 cm³/mol. The number of cyclic esters (lactones) is 1. The van der Waals surface area contributed by atoms with Crippen LogP contribution in [0.3, 0.4) is 0 Å². The number of alkyl carbamates (subject to hydrolysis) is 1. The van der Waals surface area contributed by atoms with Crippen LogP contribution in [-0.2, 0) is 14.3 Å². The van der Waals surface area contributed by atoms with Gasteiger partial charge in [0.1, 0.15) is 12.6 Å². The Bertz CT molecular complexity index is 437. The molecular weight excluding hydrogens is 236 g/mol. The molecule has 0 radical (unpaired) electrons. The summed E-state index contributed by atoms with van der Waals surface area (Å²) in [7, 11) is 0. The number of hydrogen-bond acceptors (Lipinski definition) is 4. The Balaban J connectivity index is 2.69. The van der Waals surface area contributed by atoms with Gasteiger partial charge in [-0.05, 0) is 6.92 Å². The largest absolute Gasteiger partial charge is 0.446 e. The summed E-state index contributed by atoms with van der Waals surface area (Å²) in [5, 5.41) is 4.43. The zero-order chi connectivity index (χ0) is 13.5. The lowest BCUT2D eigenvalue weighted by molar-refractivity contribution is -0.129. The molecule has 1 aliphatic heterocycles. The minimum atomic E-state index is -0.881. The molecule has 6 heteroatoms. The van der Waals surface area contributed by atoms with Gasteiger partial charge in [0.15, 0.2) is 0 Å². The highest BCUT2D eigenvalue weighted by atomic mass is 16.6. The molecule has 1 saturated heterocycles. The van der Waals surface area contributed by atoms with Crippen LogP contribution in [0.4, 0.5) is 4.79 Å². The van der Waals surface area contributed by atoms with Crippen molar-refractivity contribution >= 4 is 17.9 Å². The first-order valence-electron chi connectivity index (χ1n) is 5.32. The number of imide groups is 1. The summed E-state index contributed by atoms with van der Waals surface area (Å²) in [4.78, 5) is 34.0. The zero-order valence-corrected chi connectivity index (χ0v) is 9.93. The molecule has 0 aliphatic carbocycles. The molecule has 0 saturated carbocycles. The Labute approximate surface area is 104 Å². The maximum absolute atomic E-state index is 11.8. The first-order chi connectivity index (χ1) is 8.58. The maximum Gasteiger partial charge on any atom is 0.413 e. The lowest BCUT2D eigenvalue weighted by Gasteiger charge is -2.22. The third-order valence-corrected chi connectivity index (χ3v) is 2.13. The van der Waals surface area contributed by atoms with E-state index in [1.807, 2.05) is 5.32 Å². The van der Waals surface area contributed by atoms with E-state index in [-0.39, 0.29) is 6.61 Å². The molecule has 0 bridgehead atoms. The Hall–Kier alpha value is -2.37. The minimum absolute atomic E-state index is 0.173. The number of rotatable bonds is 4. The first-order valence-corrected chi connectivity index (χ1v) is 5.32. The molecule has 96 valence electrons. The molecule has 1 heterocycles. The lowest BCUT2D eigenvalue weighted by Crippen LogP contribution is -2.55. The molecule has 1 rings (SSSR count). The normalized spacial score (nSPS) is 20.3. The van der Waals surface area contributed by atoms with Crippen molar-refractivity contribution in [2.24, 2.45) is 0 Å². The average molecular weight is 250 g/mol. The van der Waals surface area contributed by atoms with Crippen molar-refractivity contribution in [2.75, 3.05) is 6.61 Å². The number of ether oxygens (including phenoxy) is 1. The molecule has 6 nitrogen and oxygen atoms in total. The molecular formula is C12H14N2O4. The summed E-state index contributed by atoms with van der Waals surface area (Å²) < 4.78 is 4.62. The summed E-state index contributed by atoms with van der Waals surface area (Å²) in [5.74, 6) is -1.02. The van der Waals surface area contributed by atoms with Crippen molar-refractivity contribution in [2.45, 2.75) is 13.0 Å². The monoisotopic (exact) mass is 250 g/mol. The number of allylic oxidation sites excluding steroid dienone is 3. The third-order valence-electron chi connectivity index (χ3n) is 2.13. The van der Waals surface area contributed by atoms with Crippen LogP contribution in [0.5, 0.6) is 0 Å². The number of hydrogen-bond donors (Lipinski definition) is 2. The van der Waals surface area contributed by atoms with Crippen LogP contribution in [0.15, 0.2) is 36.5 Å². The molecule has 1 aliphatic rings. The second kappa shape index (κ2) is 6.39. The van der Waals surface area contributed by atoms with Gasteiger partial charge in [-0.3, -0.25) is 14.9 Å². The highest BCUT2D eigenvalue weighted by molar-refractivity contribution is 6.02. The van der Waals surface area contributed by atoms with E-state index in [0.29, 0.717) is 5.57 Å². The van der Waals surface area contributed by atoms with Gasteiger partial charge < -0.3 is 10.1 Å². The number of carbonyl (C=O) groups excluding carboxylic acids is 3. The first kappa shape index (κ1) is 13.7. The van der Waals surface area contributed by atoms with Crippen LogP contribution in [0.25, 0.3) is 0 Å². The predicted octanol–water partition coefficient (Wildman–Crippen LogP) is 0.426. The molecule has 1 atom stereocenters. The summed E-state index contributed by atoms with van der Waals surface area (Å²) >= 11 is 0. The maximum atomic E-state index is 11.8. The van der Waals surface area contributed by atoms with Crippen molar-refractivity contribution in [1.29, 1.82) is 0 Å². The number of nitrogens with one attached hydrogen (secondary N) is 2. The molecule has 0 unspecified atom stereocenters. The molecule has 3 amide bonds. The van der Waals surface area contributed by atoms with Crippen molar-refractivity contribution in [3.63, 3.8) is 0 Å². The van der Waals surface area contributed by atoms with E-state index in [9.17, 15) is 14.4 Å². The highest BCUT2D eigenvalue weighted by Crippen LogP contribution is 2.01. The quantitative estimate of drug-likeness (QED) is 0.559. The Morgan fingerprint density at radius 3 is 2.83 bits per heavy atom. The Morgan fingerprint density at radius 2 is 2.28 bits per heavy atom. The van der Waals surface area contributed by atoms with E-state index < -0.39 is 23.9 Å². The van der Waals surface area contributed by atoms with Gasteiger partial charge in [-0.25, -0.2) is 4.79 Å². The Kier molecular flexibility index (Phi) is 4.86. The molecule has 0 spiro atoms. The average Bonchev–Trinajstić information content (AvgIpc) is 2.32. The highest BCUT2D eigenvalue weighted by Gasteiger charge is 2.29. The van der Waals surface area contributed by atoms with E-state index >= 15 is 0 Å². The van der Waals surface area contributed by atoms with Gasteiger partial charge in [-0.1, -0.05) is 30.9 Å². The summed E-state index contributed by atoms with van der Waals surface area (Å²) in [6.07, 6.45) is 5.46. The van der Waals surface area contributed by atoms with Crippen molar-refractivity contribution in [3.05, 3.63) is 36.5 Å². The molecule has 0 aromatic heterocycles. The van der Waals surface area contributed by atoms with Gasteiger partial charge in [0, 0.05) is 5.57 Å². The number of carbonyl (C=O) groups is 3. The summed E-state index contributed by atoms with van der Waals surface area (Å²) in [5.41, 5.74) is 0.359. The second-order valence-corrected chi connectivity index (χ2v) is 3.47. The standard InChI is InChI=1S/C12H14N2O4/c1-3-5-8(6-4-2)10(15)13-9-7-18-12(17)14-11(9)16/h3-6,9H,1,7H2,2H3,(H,13,15)(H,14,16,17)/b6-4?,8-5+/t9-/m0/s1. The molecule has 2 N–H and O–H groups in total. The SMILES string of the molecule is C=C/C=C(\C=CC)C(=O)N[C@H]1COC(=O)NC1=O. The van der Waals surface area contributed by atoms with Crippen molar-refractivity contribution in [1.82, 2.24) is 10.6 Å². The van der Waals surface area contributed by atoms with Gasteiger partial charge in [-0.2, -0.15) is 0 Å². The Morgan fingerprint density at radius 1 is 1.56 bits per heavy atom. The van der Waals surface area contributed by atoms with Gasteiger partial charge in [0.2, 0.25) is 0 Å². The van der Waals surface area contributed by atoms with Crippen molar-refractivity contribution in [3.8, 4) is 0 Å². The van der Waals surface area contributed by atoms with Gasteiger partial charge in [0.25, 0.3) is 11.8 Å². The molecule has 0 aromatic carbocycles. The summed E-state index contributed by atoms with van der Waals surface area (Å²) in [6, 6.07) is -0.881. The van der Waals surface area contributed by atoms with E-state index in [1.54, 1.807) is 19.1 Å². The van der Waals surface area contributed by atoms with E-state index in [2.05, 4.69) is 16.6 Å². The fourth-order valence-electron chi connectivity index (χ4n) is 1.32. The fraction of sp³-hybridized carbons (Fsp3) is 0.250. The van der Waals surface area contributed by atoms with Crippen LogP contribution < -0.4 is 10.6 Å². The van der Waals surface area contributed by atoms with Crippen LogP contribution in [0.1, 0.15) is 6.92 Å². The van der Waals surface area contributed by atoms with Gasteiger partial charge >= 0.3 is 6.09 Å². The number of amides is 3. The molecule has 1 fully saturated rings. The lowest BCUT2D eigenvalue weighted by atomic mass is 10.2. The van der Waals surface area contributed by atoms with Crippen LogP contribution in [0.2, 0.25) is 0 Å². The van der Waals surface area contributed by atoms with E-state index in [1.165, 1.54) is 12.2 Å². The van der Waals surface area contributed by atoms with Crippen molar-refractivity contribution < 1.29 is 19.1 Å². The van der Waals surface area contributed by atoms with E-state index in [0.717, 1.165) is 0 Å². The molecule has 0 aromatic rings. The second-order valence-electron chi connectivity index (χ2n) is 3.47.